The van der Waals surface area contributed by atoms with Crippen LogP contribution in [0.4, 0.5) is 4.39 Å². The van der Waals surface area contributed by atoms with Crippen LogP contribution in [-0.4, -0.2) is 34.7 Å². The molecule has 1 aromatic carbocycles. The fourth-order valence-electron chi connectivity index (χ4n) is 3.81. The average molecular weight is 314 g/mol. The fraction of sp³-hybridized carbons (Fsp3) is 0.647. The highest BCUT2D eigenvalue weighted by Crippen LogP contribution is 2.39. The van der Waals surface area contributed by atoms with Crippen LogP contribution in [0.3, 0.4) is 0 Å². The molecule has 1 atom stereocenters. The van der Waals surface area contributed by atoms with Crippen molar-refractivity contribution in [2.24, 2.45) is 0 Å². The van der Waals surface area contributed by atoms with E-state index >= 15 is 0 Å². The molecule has 1 fully saturated rings. The van der Waals surface area contributed by atoms with Gasteiger partial charge >= 0.3 is 0 Å². The van der Waals surface area contributed by atoms with Gasteiger partial charge in [-0.05, 0) is 38.1 Å². The highest BCUT2D eigenvalue weighted by molar-refractivity contribution is 6.31. The van der Waals surface area contributed by atoms with Crippen LogP contribution in [0.25, 0.3) is 0 Å². The molecule has 118 valence electrons. The number of hydrogen-bond donors (Lipinski definition) is 1. The zero-order valence-corrected chi connectivity index (χ0v) is 13.7. The van der Waals surface area contributed by atoms with Crippen molar-refractivity contribution in [3.63, 3.8) is 0 Å². The fourth-order valence-corrected chi connectivity index (χ4v) is 4.05. The average Bonchev–Trinajstić information content (AvgIpc) is 2.95. The van der Waals surface area contributed by atoms with Crippen LogP contribution in [0.15, 0.2) is 18.2 Å². The Morgan fingerprint density at radius 1 is 1.29 bits per heavy atom. The van der Waals surface area contributed by atoms with Crippen molar-refractivity contribution >= 4 is 11.6 Å². The van der Waals surface area contributed by atoms with Gasteiger partial charge in [0.05, 0.1) is 6.10 Å². The van der Waals surface area contributed by atoms with Crippen molar-refractivity contribution in [3.8, 4) is 0 Å². The second kappa shape index (κ2) is 7.08. The van der Waals surface area contributed by atoms with Crippen molar-refractivity contribution in [1.82, 2.24) is 4.90 Å². The van der Waals surface area contributed by atoms with E-state index in [-0.39, 0.29) is 17.8 Å². The summed E-state index contributed by atoms with van der Waals surface area (Å²) in [5.41, 5.74) is 0.208. The number of halogens is 2. The van der Waals surface area contributed by atoms with Gasteiger partial charge < -0.3 is 5.11 Å². The number of aliphatic hydroxyl groups excluding tert-OH is 1. The molecule has 0 amide bonds. The lowest BCUT2D eigenvalue weighted by molar-refractivity contribution is -0.0247. The Balaban J connectivity index is 2.25. The van der Waals surface area contributed by atoms with Gasteiger partial charge in [0.1, 0.15) is 5.82 Å². The monoisotopic (exact) mass is 313 g/mol. The molecular weight excluding hydrogens is 289 g/mol. The highest BCUT2D eigenvalue weighted by Gasteiger charge is 2.44. The molecule has 0 heterocycles. The standard InChI is InChI=1S/C17H25ClFNO/c1-3-20(4-2)17(10-5-6-11-17)16(21)12-13-14(18)8-7-9-15(13)19/h7-9,16,21H,3-6,10-12H2,1-2H3. The van der Waals surface area contributed by atoms with Crippen LogP contribution in [0.2, 0.25) is 5.02 Å². The van der Waals surface area contributed by atoms with Crippen LogP contribution in [-0.2, 0) is 6.42 Å². The summed E-state index contributed by atoms with van der Waals surface area (Å²) in [6.07, 6.45) is 3.89. The summed E-state index contributed by atoms with van der Waals surface area (Å²) in [7, 11) is 0. The van der Waals surface area contributed by atoms with Gasteiger partial charge in [0.25, 0.3) is 0 Å². The summed E-state index contributed by atoms with van der Waals surface area (Å²) in [5, 5.41) is 11.3. The summed E-state index contributed by atoms with van der Waals surface area (Å²) in [6.45, 7) is 6.04. The Labute approximate surface area is 131 Å². The number of aliphatic hydroxyl groups is 1. The first-order valence-electron chi connectivity index (χ1n) is 7.91. The molecule has 1 aliphatic rings. The van der Waals surface area contributed by atoms with Crippen LogP contribution in [0.5, 0.6) is 0 Å². The van der Waals surface area contributed by atoms with Crippen LogP contribution < -0.4 is 0 Å². The number of hydrogen-bond acceptors (Lipinski definition) is 2. The van der Waals surface area contributed by atoms with Gasteiger partial charge in [0.15, 0.2) is 0 Å². The SMILES string of the molecule is CCN(CC)C1(C(O)Cc2c(F)cccc2Cl)CCCC1. The highest BCUT2D eigenvalue weighted by atomic mass is 35.5. The summed E-state index contributed by atoms with van der Waals surface area (Å²) in [4.78, 5) is 2.33. The largest absolute Gasteiger partial charge is 0.391 e. The smallest absolute Gasteiger partial charge is 0.127 e. The summed E-state index contributed by atoms with van der Waals surface area (Å²) in [6, 6.07) is 4.70. The van der Waals surface area contributed by atoms with E-state index in [4.69, 9.17) is 11.6 Å². The Morgan fingerprint density at radius 3 is 2.43 bits per heavy atom. The summed E-state index contributed by atoms with van der Waals surface area (Å²) >= 11 is 6.11. The maximum atomic E-state index is 14.0. The Bertz CT molecular complexity index is 450. The zero-order valence-electron chi connectivity index (χ0n) is 12.9. The molecule has 0 radical (unpaired) electrons. The molecule has 1 N–H and O–H groups in total. The Hall–Kier alpha value is -0.640. The molecule has 1 unspecified atom stereocenters. The third kappa shape index (κ3) is 3.25. The third-order valence-electron chi connectivity index (χ3n) is 4.94. The second-order valence-corrected chi connectivity index (χ2v) is 6.31. The van der Waals surface area contributed by atoms with E-state index < -0.39 is 6.10 Å². The van der Waals surface area contributed by atoms with E-state index in [0.29, 0.717) is 10.6 Å². The molecule has 2 nitrogen and oxygen atoms in total. The van der Waals surface area contributed by atoms with Crippen molar-refractivity contribution in [1.29, 1.82) is 0 Å². The third-order valence-corrected chi connectivity index (χ3v) is 5.30. The first kappa shape index (κ1) is 16.7. The quantitative estimate of drug-likeness (QED) is 0.857. The van der Waals surface area contributed by atoms with Crippen LogP contribution in [0.1, 0.15) is 45.1 Å². The van der Waals surface area contributed by atoms with Crippen LogP contribution in [0, 0.1) is 5.82 Å². The lowest BCUT2D eigenvalue weighted by Crippen LogP contribution is -2.55. The van der Waals surface area contributed by atoms with Gasteiger partial charge in [0.2, 0.25) is 0 Å². The van der Waals surface area contributed by atoms with Crippen molar-refractivity contribution in [2.75, 3.05) is 13.1 Å². The van der Waals surface area contributed by atoms with Gasteiger partial charge in [-0.1, -0.05) is 44.4 Å². The van der Waals surface area contributed by atoms with Crippen molar-refractivity contribution in [3.05, 3.63) is 34.6 Å². The molecule has 0 saturated heterocycles. The van der Waals surface area contributed by atoms with Crippen LogP contribution >= 0.6 is 11.6 Å². The first-order valence-corrected chi connectivity index (χ1v) is 8.29. The van der Waals surface area contributed by atoms with Gasteiger partial charge in [-0.2, -0.15) is 0 Å². The summed E-state index contributed by atoms with van der Waals surface area (Å²) < 4.78 is 14.0. The van der Waals surface area contributed by atoms with E-state index in [9.17, 15) is 9.50 Å². The topological polar surface area (TPSA) is 23.5 Å². The first-order chi connectivity index (χ1) is 10.0. The van der Waals surface area contributed by atoms with Gasteiger partial charge in [-0.3, -0.25) is 4.90 Å². The Kier molecular flexibility index (Phi) is 5.64. The molecule has 0 bridgehead atoms. The van der Waals surface area contributed by atoms with Gasteiger partial charge in [-0.25, -0.2) is 4.39 Å². The minimum absolute atomic E-state index is 0.227. The predicted octanol–water partition coefficient (Wildman–Crippen LogP) is 4.04. The van der Waals surface area contributed by atoms with E-state index in [2.05, 4.69) is 18.7 Å². The maximum absolute atomic E-state index is 14.0. The molecule has 2 rings (SSSR count). The molecule has 1 saturated carbocycles. The zero-order chi connectivity index (χ0) is 15.5. The second-order valence-electron chi connectivity index (χ2n) is 5.90. The molecule has 4 heteroatoms. The van der Waals surface area contributed by atoms with Crippen molar-refractivity contribution in [2.45, 2.75) is 57.6 Å². The molecule has 1 aliphatic carbocycles. The molecule has 1 aromatic rings. The van der Waals surface area contributed by atoms with E-state index in [0.717, 1.165) is 38.8 Å². The minimum atomic E-state index is -0.589. The molecule has 21 heavy (non-hydrogen) atoms. The number of benzene rings is 1. The number of nitrogens with zero attached hydrogens (tertiary/aromatic N) is 1. The molecule has 0 spiro atoms. The molecule has 0 aliphatic heterocycles. The molecular formula is C17H25ClFNO. The normalized spacial score (nSPS) is 19.1. The van der Waals surface area contributed by atoms with E-state index in [1.54, 1.807) is 12.1 Å². The van der Waals surface area contributed by atoms with E-state index in [1.807, 2.05) is 0 Å². The Morgan fingerprint density at radius 2 is 1.90 bits per heavy atom. The lowest BCUT2D eigenvalue weighted by Gasteiger charge is -2.44. The van der Waals surface area contributed by atoms with Gasteiger partial charge in [-0.15, -0.1) is 0 Å². The van der Waals surface area contributed by atoms with Crippen molar-refractivity contribution < 1.29 is 9.50 Å². The van der Waals surface area contributed by atoms with Gasteiger partial charge in [0, 0.05) is 22.5 Å². The van der Waals surface area contributed by atoms with E-state index in [1.165, 1.54) is 6.07 Å². The number of rotatable bonds is 6. The molecule has 0 aromatic heterocycles. The minimum Gasteiger partial charge on any atom is -0.391 e. The number of likely N-dealkylation sites (N-methyl/N-ethyl adjacent to an activating group) is 1. The summed E-state index contributed by atoms with van der Waals surface area (Å²) in [5.74, 6) is -0.325. The lowest BCUT2D eigenvalue weighted by atomic mass is 9.84. The predicted molar refractivity (Wildman–Crippen MR) is 85.2 cm³/mol. The maximum Gasteiger partial charge on any atom is 0.127 e.